The molecule has 2 N–H and O–H groups in total. The summed E-state index contributed by atoms with van der Waals surface area (Å²) < 4.78 is 5.43. The Morgan fingerprint density at radius 3 is 2.26 bits per heavy atom. The van der Waals surface area contributed by atoms with Crippen LogP contribution in [0.1, 0.15) is 38.1 Å². The first-order chi connectivity index (χ1) is 10.7. The van der Waals surface area contributed by atoms with Crippen LogP contribution in [0, 0.1) is 0 Å². The van der Waals surface area contributed by atoms with Gasteiger partial charge in [0.15, 0.2) is 0 Å². The Labute approximate surface area is 137 Å². The molecule has 0 unspecified atom stereocenters. The van der Waals surface area contributed by atoms with Gasteiger partial charge in [0.1, 0.15) is 5.60 Å². The van der Waals surface area contributed by atoms with E-state index in [1.54, 1.807) is 17.0 Å². The lowest BCUT2D eigenvalue weighted by molar-refractivity contribution is 0.0218. The summed E-state index contributed by atoms with van der Waals surface area (Å²) in [6, 6.07) is 7.39. The second-order valence-corrected chi connectivity index (χ2v) is 6.88. The van der Waals surface area contributed by atoms with E-state index in [9.17, 15) is 9.59 Å². The lowest BCUT2D eigenvalue weighted by Gasteiger charge is -2.41. The minimum absolute atomic E-state index is 0.163. The lowest BCUT2D eigenvalue weighted by Crippen LogP contribution is -2.54. The van der Waals surface area contributed by atoms with Crippen LogP contribution in [0.5, 0.6) is 0 Å². The zero-order chi connectivity index (χ0) is 17.2. The topological polar surface area (TPSA) is 75.9 Å². The van der Waals surface area contributed by atoms with E-state index >= 15 is 0 Å². The number of nitrogens with zero attached hydrogens (tertiary/aromatic N) is 2. The Balaban J connectivity index is 2.01. The van der Waals surface area contributed by atoms with Crippen LogP contribution < -0.4 is 10.6 Å². The molecule has 0 bridgehead atoms. The number of benzene rings is 1. The molecule has 6 nitrogen and oxygen atoms in total. The van der Waals surface area contributed by atoms with Crippen molar-refractivity contribution in [1.82, 2.24) is 4.90 Å². The molecule has 0 radical (unpaired) electrons. The summed E-state index contributed by atoms with van der Waals surface area (Å²) in [6.07, 6.45) is -0.270. The number of nitrogens with two attached hydrogens (primary N) is 1. The molecule has 1 aromatic rings. The van der Waals surface area contributed by atoms with Gasteiger partial charge in [-0.05, 0) is 52.0 Å². The predicted molar refractivity (Wildman–Crippen MR) is 89.6 cm³/mol. The number of anilines is 1. The molecule has 1 aromatic carbocycles. The summed E-state index contributed by atoms with van der Waals surface area (Å²) in [5.74, 6) is -0.431. The summed E-state index contributed by atoms with van der Waals surface area (Å²) in [7, 11) is 0. The molecule has 1 atom stereocenters. The number of rotatable bonds is 2. The predicted octanol–water partition coefficient (Wildman–Crippen LogP) is 2.23. The molecule has 1 fully saturated rings. The number of hydrogen-bond acceptors (Lipinski definition) is 4. The highest BCUT2D eigenvalue weighted by atomic mass is 16.6. The zero-order valence-corrected chi connectivity index (χ0v) is 14.2. The molecule has 2 amide bonds. The summed E-state index contributed by atoms with van der Waals surface area (Å²) in [5.41, 5.74) is 6.29. The van der Waals surface area contributed by atoms with Gasteiger partial charge in [-0.1, -0.05) is 0 Å². The van der Waals surface area contributed by atoms with E-state index in [1.807, 2.05) is 32.9 Å². The van der Waals surface area contributed by atoms with Crippen molar-refractivity contribution in [1.29, 1.82) is 0 Å². The molecule has 0 aliphatic carbocycles. The molecule has 1 aliphatic heterocycles. The van der Waals surface area contributed by atoms with Gasteiger partial charge in [-0.15, -0.1) is 0 Å². The summed E-state index contributed by atoms with van der Waals surface area (Å²) in [4.78, 5) is 27.2. The van der Waals surface area contributed by atoms with Crippen molar-refractivity contribution < 1.29 is 14.3 Å². The first-order valence-electron chi connectivity index (χ1n) is 7.82. The SMILES string of the molecule is C[C@H]1CN(C(=O)OC(C)(C)C)CCN1c1ccc(C(N)=O)cc1. The first-order valence-corrected chi connectivity index (χ1v) is 7.82. The van der Waals surface area contributed by atoms with E-state index in [4.69, 9.17) is 10.5 Å². The highest BCUT2D eigenvalue weighted by molar-refractivity contribution is 5.93. The molecule has 0 spiro atoms. The smallest absolute Gasteiger partial charge is 0.410 e. The highest BCUT2D eigenvalue weighted by Gasteiger charge is 2.29. The Morgan fingerprint density at radius 2 is 1.78 bits per heavy atom. The number of hydrogen-bond donors (Lipinski definition) is 1. The standard InChI is InChI=1S/C17H25N3O3/c1-12-11-19(16(22)23-17(2,3)4)9-10-20(12)14-7-5-13(6-8-14)15(18)21/h5-8,12H,9-11H2,1-4H3,(H2,18,21)/t12-/m0/s1. The van der Waals surface area contributed by atoms with E-state index in [0.717, 1.165) is 12.2 Å². The molecule has 126 valence electrons. The van der Waals surface area contributed by atoms with E-state index < -0.39 is 11.5 Å². The molecular weight excluding hydrogens is 294 g/mol. The fraction of sp³-hybridized carbons (Fsp3) is 0.529. The number of primary amides is 1. The summed E-state index contributed by atoms with van der Waals surface area (Å²) >= 11 is 0. The van der Waals surface area contributed by atoms with Crippen molar-refractivity contribution in [2.75, 3.05) is 24.5 Å². The molecule has 1 aliphatic rings. The first kappa shape index (κ1) is 17.1. The molecule has 23 heavy (non-hydrogen) atoms. The largest absolute Gasteiger partial charge is 0.444 e. The van der Waals surface area contributed by atoms with Crippen LogP contribution in [0.25, 0.3) is 0 Å². The van der Waals surface area contributed by atoms with Gasteiger partial charge in [0.2, 0.25) is 5.91 Å². The van der Waals surface area contributed by atoms with E-state index in [1.165, 1.54) is 0 Å². The highest BCUT2D eigenvalue weighted by Crippen LogP contribution is 2.22. The van der Waals surface area contributed by atoms with Crippen molar-refractivity contribution in [3.05, 3.63) is 29.8 Å². The van der Waals surface area contributed by atoms with Crippen LogP contribution >= 0.6 is 0 Å². The third-order valence-electron chi connectivity index (χ3n) is 3.76. The quantitative estimate of drug-likeness (QED) is 0.907. The van der Waals surface area contributed by atoms with E-state index in [2.05, 4.69) is 11.8 Å². The third kappa shape index (κ3) is 4.37. The molecule has 0 aromatic heterocycles. The molecule has 1 heterocycles. The van der Waals surface area contributed by atoms with Crippen LogP contribution in [0.4, 0.5) is 10.5 Å². The van der Waals surface area contributed by atoms with Gasteiger partial charge in [-0.25, -0.2) is 4.79 Å². The van der Waals surface area contributed by atoms with Gasteiger partial charge >= 0.3 is 6.09 Å². The number of carbonyl (C=O) groups is 2. The van der Waals surface area contributed by atoms with Crippen LogP contribution in [0.3, 0.4) is 0 Å². The van der Waals surface area contributed by atoms with E-state index in [-0.39, 0.29) is 12.1 Å². The average molecular weight is 319 g/mol. The minimum Gasteiger partial charge on any atom is -0.444 e. The maximum absolute atomic E-state index is 12.2. The molecule has 1 saturated heterocycles. The van der Waals surface area contributed by atoms with Crippen LogP contribution in [0.2, 0.25) is 0 Å². The van der Waals surface area contributed by atoms with Crippen molar-refractivity contribution in [3.8, 4) is 0 Å². The number of amides is 2. The van der Waals surface area contributed by atoms with Crippen molar-refractivity contribution in [2.24, 2.45) is 5.73 Å². The molecule has 6 heteroatoms. The van der Waals surface area contributed by atoms with Gasteiger partial charge in [-0.3, -0.25) is 4.79 Å². The molecule has 2 rings (SSSR count). The summed E-state index contributed by atoms with van der Waals surface area (Å²) in [5, 5.41) is 0. The van der Waals surface area contributed by atoms with Gasteiger partial charge in [0, 0.05) is 36.9 Å². The van der Waals surface area contributed by atoms with Gasteiger partial charge in [-0.2, -0.15) is 0 Å². The Hall–Kier alpha value is -2.24. The maximum atomic E-state index is 12.2. The third-order valence-corrected chi connectivity index (χ3v) is 3.76. The number of piperazine rings is 1. The zero-order valence-electron chi connectivity index (χ0n) is 14.2. The van der Waals surface area contributed by atoms with E-state index in [0.29, 0.717) is 18.7 Å². The fourth-order valence-corrected chi connectivity index (χ4v) is 2.65. The Bertz CT molecular complexity index is 578. The minimum atomic E-state index is -0.484. The Morgan fingerprint density at radius 1 is 1.17 bits per heavy atom. The Kier molecular flexibility index (Phi) is 4.82. The van der Waals surface area contributed by atoms with Crippen LogP contribution in [0.15, 0.2) is 24.3 Å². The van der Waals surface area contributed by atoms with Crippen LogP contribution in [-0.4, -0.2) is 48.2 Å². The van der Waals surface area contributed by atoms with Crippen molar-refractivity contribution >= 4 is 17.7 Å². The monoisotopic (exact) mass is 319 g/mol. The number of carbonyl (C=O) groups excluding carboxylic acids is 2. The van der Waals surface area contributed by atoms with Crippen molar-refractivity contribution in [3.63, 3.8) is 0 Å². The summed E-state index contributed by atoms with van der Waals surface area (Å²) in [6.45, 7) is 9.60. The van der Waals surface area contributed by atoms with Gasteiger partial charge < -0.3 is 20.3 Å². The van der Waals surface area contributed by atoms with Crippen molar-refractivity contribution in [2.45, 2.75) is 39.3 Å². The van der Waals surface area contributed by atoms with Gasteiger partial charge in [0.25, 0.3) is 0 Å². The number of ether oxygens (including phenoxy) is 1. The fourth-order valence-electron chi connectivity index (χ4n) is 2.65. The molecule has 0 saturated carbocycles. The maximum Gasteiger partial charge on any atom is 0.410 e. The lowest BCUT2D eigenvalue weighted by atomic mass is 10.1. The second kappa shape index (κ2) is 6.48. The average Bonchev–Trinajstić information content (AvgIpc) is 2.45. The van der Waals surface area contributed by atoms with Gasteiger partial charge in [0.05, 0.1) is 0 Å². The second-order valence-electron chi connectivity index (χ2n) is 6.88. The van der Waals surface area contributed by atoms with Crippen LogP contribution in [-0.2, 0) is 4.74 Å². The molecular formula is C17H25N3O3. The normalized spacial score (nSPS) is 18.7.